The zero-order valence-corrected chi connectivity index (χ0v) is 10.4. The molecule has 2 saturated heterocycles. The summed E-state index contributed by atoms with van der Waals surface area (Å²) in [4.78, 5) is 13.7. The Labute approximate surface area is 102 Å². The van der Waals surface area contributed by atoms with Crippen molar-refractivity contribution in [3.8, 4) is 0 Å². The molecule has 2 aliphatic rings. The zero-order chi connectivity index (χ0) is 12.3. The van der Waals surface area contributed by atoms with Gasteiger partial charge in [0.1, 0.15) is 5.54 Å². The average Bonchev–Trinajstić information content (AvgIpc) is 2.74. The third-order valence-corrected chi connectivity index (χ3v) is 3.97. The molecule has 0 spiro atoms. The van der Waals surface area contributed by atoms with E-state index in [9.17, 15) is 9.90 Å². The quantitative estimate of drug-likeness (QED) is 0.735. The molecule has 5 heteroatoms. The van der Waals surface area contributed by atoms with E-state index in [1.165, 1.54) is 0 Å². The van der Waals surface area contributed by atoms with Gasteiger partial charge in [-0.3, -0.25) is 4.79 Å². The Kier molecular flexibility index (Phi) is 4.01. The lowest BCUT2D eigenvalue weighted by Gasteiger charge is -2.35. The second kappa shape index (κ2) is 5.33. The molecule has 98 valence electrons. The number of nitrogens with one attached hydrogen (secondary N) is 1. The van der Waals surface area contributed by atoms with Crippen molar-refractivity contribution in [3.63, 3.8) is 0 Å². The van der Waals surface area contributed by atoms with E-state index in [4.69, 9.17) is 4.74 Å². The molecule has 0 aromatic rings. The molecule has 2 rings (SSSR count). The van der Waals surface area contributed by atoms with Gasteiger partial charge in [0.25, 0.3) is 0 Å². The van der Waals surface area contributed by atoms with E-state index in [0.29, 0.717) is 32.0 Å². The highest BCUT2D eigenvalue weighted by atomic mass is 16.5. The largest absolute Gasteiger partial charge is 0.480 e. The molecule has 5 nitrogen and oxygen atoms in total. The van der Waals surface area contributed by atoms with E-state index < -0.39 is 11.5 Å². The van der Waals surface area contributed by atoms with Crippen LogP contribution in [0, 0.1) is 5.92 Å². The predicted molar refractivity (Wildman–Crippen MR) is 64.0 cm³/mol. The van der Waals surface area contributed by atoms with Gasteiger partial charge in [0.2, 0.25) is 0 Å². The second-order valence-corrected chi connectivity index (χ2v) is 5.30. The predicted octanol–water partition coefficient (Wildman–Crippen LogP) is 0.162. The van der Waals surface area contributed by atoms with E-state index in [1.54, 1.807) is 0 Å². The van der Waals surface area contributed by atoms with Gasteiger partial charge in [0.15, 0.2) is 0 Å². The van der Waals surface area contributed by atoms with Gasteiger partial charge in [0.05, 0.1) is 0 Å². The summed E-state index contributed by atoms with van der Waals surface area (Å²) < 4.78 is 5.25. The van der Waals surface area contributed by atoms with Crippen LogP contribution in [0.2, 0.25) is 0 Å². The number of nitrogens with zero attached hydrogens (tertiary/aromatic N) is 1. The van der Waals surface area contributed by atoms with Crippen LogP contribution >= 0.6 is 0 Å². The fourth-order valence-electron chi connectivity index (χ4n) is 2.72. The number of carboxylic acids is 1. The first-order valence-electron chi connectivity index (χ1n) is 6.37. The standard InChI is InChI=1S/C12H22N2O3/c1-14-5-2-10(9-14)8-13-12(11(15)16)3-6-17-7-4-12/h10,13H,2-9H2,1H3,(H,15,16). The van der Waals surface area contributed by atoms with E-state index >= 15 is 0 Å². The molecule has 0 saturated carbocycles. The molecule has 2 fully saturated rings. The number of carbonyl (C=O) groups is 1. The number of ether oxygens (including phenoxy) is 1. The van der Waals surface area contributed by atoms with E-state index in [2.05, 4.69) is 17.3 Å². The van der Waals surface area contributed by atoms with Gasteiger partial charge in [-0.25, -0.2) is 0 Å². The molecule has 2 aliphatic heterocycles. The molecule has 0 bridgehead atoms. The van der Waals surface area contributed by atoms with Gasteiger partial charge in [-0.05, 0) is 38.8 Å². The summed E-state index contributed by atoms with van der Waals surface area (Å²) in [5.41, 5.74) is -0.751. The minimum Gasteiger partial charge on any atom is -0.480 e. The summed E-state index contributed by atoms with van der Waals surface area (Å²) in [6, 6.07) is 0. The third-order valence-electron chi connectivity index (χ3n) is 3.97. The summed E-state index contributed by atoms with van der Waals surface area (Å²) in [6.45, 7) is 4.08. The Morgan fingerprint density at radius 1 is 1.53 bits per heavy atom. The first-order chi connectivity index (χ1) is 8.12. The van der Waals surface area contributed by atoms with Crippen molar-refractivity contribution in [2.45, 2.75) is 24.8 Å². The molecular weight excluding hydrogens is 220 g/mol. The van der Waals surface area contributed by atoms with Crippen LogP contribution in [0.3, 0.4) is 0 Å². The highest BCUT2D eigenvalue weighted by Gasteiger charge is 2.40. The van der Waals surface area contributed by atoms with Gasteiger partial charge in [-0.2, -0.15) is 0 Å². The van der Waals surface area contributed by atoms with Gasteiger partial charge >= 0.3 is 5.97 Å². The molecule has 1 unspecified atom stereocenters. The topological polar surface area (TPSA) is 61.8 Å². The van der Waals surface area contributed by atoms with Crippen LogP contribution < -0.4 is 5.32 Å². The number of hydrogen-bond acceptors (Lipinski definition) is 4. The van der Waals surface area contributed by atoms with Crippen molar-refractivity contribution in [1.29, 1.82) is 0 Å². The molecule has 0 radical (unpaired) electrons. The summed E-state index contributed by atoms with van der Waals surface area (Å²) in [5.74, 6) is -0.147. The summed E-state index contributed by atoms with van der Waals surface area (Å²) in [6.07, 6.45) is 2.31. The molecule has 2 heterocycles. The fourth-order valence-corrected chi connectivity index (χ4v) is 2.72. The van der Waals surface area contributed by atoms with Crippen molar-refractivity contribution < 1.29 is 14.6 Å². The Balaban J connectivity index is 1.87. The lowest BCUT2D eigenvalue weighted by atomic mass is 9.89. The highest BCUT2D eigenvalue weighted by molar-refractivity contribution is 5.78. The number of rotatable bonds is 4. The lowest BCUT2D eigenvalue weighted by Crippen LogP contribution is -2.56. The highest BCUT2D eigenvalue weighted by Crippen LogP contribution is 2.22. The number of aliphatic carboxylic acids is 1. The van der Waals surface area contributed by atoms with Crippen molar-refractivity contribution in [3.05, 3.63) is 0 Å². The minimum absolute atomic E-state index is 0.546. The van der Waals surface area contributed by atoms with E-state index in [-0.39, 0.29) is 0 Å². The van der Waals surface area contributed by atoms with Gasteiger partial charge in [0, 0.05) is 26.3 Å². The number of likely N-dealkylation sites (tertiary alicyclic amines) is 1. The maximum atomic E-state index is 11.4. The van der Waals surface area contributed by atoms with Crippen LogP contribution in [0.15, 0.2) is 0 Å². The van der Waals surface area contributed by atoms with Crippen LogP contribution in [0.1, 0.15) is 19.3 Å². The number of hydrogen-bond donors (Lipinski definition) is 2. The minimum atomic E-state index is -0.751. The summed E-state index contributed by atoms with van der Waals surface area (Å²) in [5, 5.41) is 12.7. The van der Waals surface area contributed by atoms with Crippen molar-refractivity contribution in [2.24, 2.45) is 5.92 Å². The Bertz CT molecular complexity index is 277. The number of carboxylic acid groups (broad SMARTS) is 1. The fraction of sp³-hybridized carbons (Fsp3) is 0.917. The molecule has 0 amide bonds. The van der Waals surface area contributed by atoms with Crippen molar-refractivity contribution in [2.75, 3.05) is 39.9 Å². The molecule has 17 heavy (non-hydrogen) atoms. The second-order valence-electron chi connectivity index (χ2n) is 5.30. The molecular formula is C12H22N2O3. The van der Waals surface area contributed by atoms with Crippen LogP contribution in [0.5, 0.6) is 0 Å². The first kappa shape index (κ1) is 12.8. The first-order valence-corrected chi connectivity index (χ1v) is 6.37. The smallest absolute Gasteiger partial charge is 0.324 e. The average molecular weight is 242 g/mol. The summed E-state index contributed by atoms with van der Waals surface area (Å²) >= 11 is 0. The SMILES string of the molecule is CN1CCC(CNC2(C(=O)O)CCOCC2)C1. The Morgan fingerprint density at radius 3 is 2.76 bits per heavy atom. The molecule has 0 aromatic carbocycles. The summed E-state index contributed by atoms with van der Waals surface area (Å²) in [7, 11) is 2.11. The monoisotopic (exact) mass is 242 g/mol. The van der Waals surface area contributed by atoms with E-state index in [1.807, 2.05) is 0 Å². The molecule has 0 aliphatic carbocycles. The Morgan fingerprint density at radius 2 is 2.24 bits per heavy atom. The van der Waals surface area contributed by atoms with Crippen LogP contribution in [0.4, 0.5) is 0 Å². The van der Waals surface area contributed by atoms with Gasteiger partial charge < -0.3 is 20.1 Å². The van der Waals surface area contributed by atoms with Gasteiger partial charge in [-0.15, -0.1) is 0 Å². The van der Waals surface area contributed by atoms with Crippen LogP contribution in [-0.4, -0.2) is 61.4 Å². The normalized spacial score (nSPS) is 29.4. The molecule has 2 N–H and O–H groups in total. The third kappa shape index (κ3) is 2.97. The Hall–Kier alpha value is -0.650. The van der Waals surface area contributed by atoms with E-state index in [0.717, 1.165) is 26.1 Å². The van der Waals surface area contributed by atoms with Gasteiger partial charge in [-0.1, -0.05) is 0 Å². The van der Waals surface area contributed by atoms with Crippen molar-refractivity contribution in [1.82, 2.24) is 10.2 Å². The molecule has 0 aromatic heterocycles. The lowest BCUT2D eigenvalue weighted by molar-refractivity contribution is -0.149. The maximum absolute atomic E-state index is 11.4. The zero-order valence-electron chi connectivity index (χ0n) is 10.4. The van der Waals surface area contributed by atoms with Crippen LogP contribution in [0.25, 0.3) is 0 Å². The molecule has 1 atom stereocenters. The van der Waals surface area contributed by atoms with Crippen molar-refractivity contribution >= 4 is 5.97 Å². The van der Waals surface area contributed by atoms with Crippen LogP contribution in [-0.2, 0) is 9.53 Å². The maximum Gasteiger partial charge on any atom is 0.324 e.